The van der Waals surface area contributed by atoms with Crippen LogP contribution in [0.2, 0.25) is 0 Å². The number of hydrogen-bond acceptors (Lipinski definition) is 3. The largest absolute Gasteiger partial charge is 0.478 e. The molecule has 3 rings (SSSR count). The SMILES string of the molecule is O=C(O)c1ccccc1-c1cc(=O)c2cc(F)ccc2o1. The van der Waals surface area contributed by atoms with Gasteiger partial charge in [0.15, 0.2) is 5.43 Å². The van der Waals surface area contributed by atoms with Crippen LogP contribution in [0.15, 0.2) is 57.7 Å². The Morgan fingerprint density at radius 1 is 1.10 bits per heavy atom. The Bertz CT molecular complexity index is 912. The van der Waals surface area contributed by atoms with E-state index in [0.717, 1.165) is 6.07 Å². The van der Waals surface area contributed by atoms with Crippen LogP contribution in [0, 0.1) is 5.82 Å². The van der Waals surface area contributed by atoms with Crippen molar-refractivity contribution in [3.05, 3.63) is 70.1 Å². The highest BCUT2D eigenvalue weighted by atomic mass is 19.1. The minimum absolute atomic E-state index is 0.0297. The molecule has 5 heteroatoms. The zero-order valence-corrected chi connectivity index (χ0v) is 10.7. The first-order chi connectivity index (χ1) is 10.1. The lowest BCUT2D eigenvalue weighted by Crippen LogP contribution is -2.03. The summed E-state index contributed by atoms with van der Waals surface area (Å²) in [5.41, 5.74) is 0.112. The van der Waals surface area contributed by atoms with Gasteiger partial charge in [-0.25, -0.2) is 9.18 Å². The molecule has 21 heavy (non-hydrogen) atoms. The first-order valence-electron chi connectivity index (χ1n) is 6.12. The monoisotopic (exact) mass is 284 g/mol. The normalized spacial score (nSPS) is 10.7. The molecule has 0 fully saturated rings. The molecule has 0 unspecified atom stereocenters. The van der Waals surface area contributed by atoms with Crippen molar-refractivity contribution >= 4 is 16.9 Å². The van der Waals surface area contributed by atoms with Gasteiger partial charge in [0.1, 0.15) is 17.2 Å². The Morgan fingerprint density at radius 2 is 1.86 bits per heavy atom. The first kappa shape index (κ1) is 13.1. The predicted octanol–water partition coefficient (Wildman–Crippen LogP) is 3.30. The molecule has 0 spiro atoms. The summed E-state index contributed by atoms with van der Waals surface area (Å²) in [6.45, 7) is 0. The average molecular weight is 284 g/mol. The molecule has 0 atom stereocenters. The number of carbonyl (C=O) groups is 1. The molecule has 2 aromatic carbocycles. The van der Waals surface area contributed by atoms with Gasteiger partial charge in [-0.3, -0.25) is 4.79 Å². The number of benzene rings is 2. The molecule has 3 aromatic rings. The second-order valence-electron chi connectivity index (χ2n) is 4.47. The maximum atomic E-state index is 13.2. The van der Waals surface area contributed by atoms with Gasteiger partial charge in [0, 0.05) is 11.6 Å². The van der Waals surface area contributed by atoms with Gasteiger partial charge in [-0.05, 0) is 24.3 Å². The van der Waals surface area contributed by atoms with Crippen molar-refractivity contribution in [3.8, 4) is 11.3 Å². The van der Waals surface area contributed by atoms with E-state index >= 15 is 0 Å². The third-order valence-electron chi connectivity index (χ3n) is 3.11. The minimum Gasteiger partial charge on any atom is -0.478 e. The Balaban J connectivity index is 2.30. The van der Waals surface area contributed by atoms with Crippen molar-refractivity contribution in [1.82, 2.24) is 0 Å². The molecule has 1 N–H and O–H groups in total. The molecule has 0 radical (unpaired) electrons. The van der Waals surface area contributed by atoms with Crippen LogP contribution in [-0.4, -0.2) is 11.1 Å². The first-order valence-corrected chi connectivity index (χ1v) is 6.12. The molecule has 0 saturated heterocycles. The van der Waals surface area contributed by atoms with E-state index in [0.29, 0.717) is 5.56 Å². The summed E-state index contributed by atoms with van der Waals surface area (Å²) in [5, 5.41) is 9.29. The quantitative estimate of drug-likeness (QED) is 0.784. The maximum absolute atomic E-state index is 13.2. The summed E-state index contributed by atoms with van der Waals surface area (Å²) in [4.78, 5) is 23.3. The summed E-state index contributed by atoms with van der Waals surface area (Å²) in [5.74, 6) is -1.52. The number of fused-ring (bicyclic) bond motifs is 1. The van der Waals surface area contributed by atoms with Crippen LogP contribution in [0.3, 0.4) is 0 Å². The standard InChI is InChI=1S/C16H9FO4/c17-9-5-6-14-12(7-9)13(18)8-15(21-14)10-3-1-2-4-11(10)16(19)20/h1-8H,(H,19,20). The fraction of sp³-hybridized carbons (Fsp3) is 0. The molecule has 1 aromatic heterocycles. The van der Waals surface area contributed by atoms with Crippen molar-refractivity contribution in [1.29, 1.82) is 0 Å². The second-order valence-corrected chi connectivity index (χ2v) is 4.47. The van der Waals surface area contributed by atoms with Crippen molar-refractivity contribution in [2.24, 2.45) is 0 Å². The van der Waals surface area contributed by atoms with E-state index < -0.39 is 17.2 Å². The molecule has 0 aliphatic heterocycles. The summed E-state index contributed by atoms with van der Waals surface area (Å²) < 4.78 is 18.7. The predicted molar refractivity (Wildman–Crippen MR) is 74.8 cm³/mol. The fourth-order valence-electron chi connectivity index (χ4n) is 2.15. The van der Waals surface area contributed by atoms with Crippen LogP contribution in [0.4, 0.5) is 4.39 Å². The maximum Gasteiger partial charge on any atom is 0.336 e. The van der Waals surface area contributed by atoms with E-state index in [1.165, 1.54) is 24.3 Å². The van der Waals surface area contributed by atoms with E-state index in [9.17, 15) is 19.1 Å². The molecule has 104 valence electrons. The average Bonchev–Trinajstić information content (AvgIpc) is 2.47. The van der Waals surface area contributed by atoms with Crippen LogP contribution < -0.4 is 5.43 Å². The smallest absolute Gasteiger partial charge is 0.336 e. The van der Waals surface area contributed by atoms with Crippen LogP contribution in [-0.2, 0) is 0 Å². The van der Waals surface area contributed by atoms with Crippen LogP contribution >= 0.6 is 0 Å². The lowest BCUT2D eigenvalue weighted by molar-refractivity contribution is 0.0697. The Hall–Kier alpha value is -2.95. The van der Waals surface area contributed by atoms with Gasteiger partial charge >= 0.3 is 5.97 Å². The van der Waals surface area contributed by atoms with E-state index in [1.807, 2.05) is 0 Å². The highest BCUT2D eigenvalue weighted by Gasteiger charge is 2.14. The second kappa shape index (κ2) is 4.86. The number of hydrogen-bond donors (Lipinski definition) is 1. The van der Waals surface area contributed by atoms with Crippen molar-refractivity contribution < 1.29 is 18.7 Å². The van der Waals surface area contributed by atoms with Gasteiger partial charge in [-0.1, -0.05) is 18.2 Å². The number of aromatic carboxylic acids is 1. The minimum atomic E-state index is -1.12. The molecule has 4 nitrogen and oxygen atoms in total. The molecule has 0 saturated carbocycles. The Labute approximate surface area is 118 Å². The van der Waals surface area contributed by atoms with Gasteiger partial charge < -0.3 is 9.52 Å². The lowest BCUT2D eigenvalue weighted by atomic mass is 10.0. The summed E-state index contributed by atoms with van der Waals surface area (Å²) in [7, 11) is 0. The number of halogens is 1. The van der Waals surface area contributed by atoms with Gasteiger partial charge in [0.25, 0.3) is 0 Å². The Morgan fingerprint density at radius 3 is 2.62 bits per heavy atom. The van der Waals surface area contributed by atoms with Crippen LogP contribution in [0.5, 0.6) is 0 Å². The Kier molecular flexibility index (Phi) is 3.02. The zero-order valence-electron chi connectivity index (χ0n) is 10.7. The number of carboxylic acid groups (broad SMARTS) is 1. The lowest BCUT2D eigenvalue weighted by Gasteiger charge is -2.06. The van der Waals surface area contributed by atoms with Crippen molar-refractivity contribution in [2.45, 2.75) is 0 Å². The van der Waals surface area contributed by atoms with E-state index in [-0.39, 0.29) is 22.3 Å². The summed E-state index contributed by atoms with van der Waals surface area (Å²) in [6, 6.07) is 11.0. The topological polar surface area (TPSA) is 67.5 Å². The van der Waals surface area contributed by atoms with E-state index in [4.69, 9.17) is 4.42 Å². The highest BCUT2D eigenvalue weighted by molar-refractivity contribution is 5.95. The molecule has 0 aliphatic rings. The van der Waals surface area contributed by atoms with Crippen LogP contribution in [0.1, 0.15) is 10.4 Å². The third kappa shape index (κ3) is 2.29. The molecule has 0 amide bonds. The molecular formula is C16H9FO4. The molecule has 1 heterocycles. The molecule has 0 bridgehead atoms. The molecule has 0 aliphatic carbocycles. The van der Waals surface area contributed by atoms with Gasteiger partial charge in [0.2, 0.25) is 0 Å². The fourth-order valence-corrected chi connectivity index (χ4v) is 2.15. The van der Waals surface area contributed by atoms with Gasteiger partial charge in [-0.15, -0.1) is 0 Å². The summed E-state index contributed by atoms with van der Waals surface area (Å²) in [6.07, 6.45) is 0. The van der Waals surface area contributed by atoms with E-state index in [1.54, 1.807) is 18.2 Å². The number of rotatable bonds is 2. The molecular weight excluding hydrogens is 275 g/mol. The van der Waals surface area contributed by atoms with Crippen molar-refractivity contribution in [2.75, 3.05) is 0 Å². The van der Waals surface area contributed by atoms with Crippen molar-refractivity contribution in [3.63, 3.8) is 0 Å². The zero-order chi connectivity index (χ0) is 15.0. The van der Waals surface area contributed by atoms with Crippen LogP contribution in [0.25, 0.3) is 22.3 Å². The van der Waals surface area contributed by atoms with Gasteiger partial charge in [-0.2, -0.15) is 0 Å². The number of carboxylic acids is 1. The highest BCUT2D eigenvalue weighted by Crippen LogP contribution is 2.25. The van der Waals surface area contributed by atoms with Gasteiger partial charge in [0.05, 0.1) is 10.9 Å². The van der Waals surface area contributed by atoms with E-state index in [2.05, 4.69) is 0 Å². The third-order valence-corrected chi connectivity index (χ3v) is 3.11. The summed E-state index contributed by atoms with van der Waals surface area (Å²) >= 11 is 0.